The molecule has 0 spiro atoms. The number of hydrogen-bond acceptors (Lipinski definition) is 6. The Morgan fingerprint density at radius 2 is 1.53 bits per heavy atom. The van der Waals surface area contributed by atoms with Gasteiger partial charge in [0.15, 0.2) is 0 Å². The van der Waals surface area contributed by atoms with Gasteiger partial charge in [0.25, 0.3) is 5.56 Å². The Labute approximate surface area is 188 Å². The molecule has 0 N–H and O–H groups in total. The average molecular weight is 440 g/mol. The Bertz CT molecular complexity index is 1560. The summed E-state index contributed by atoms with van der Waals surface area (Å²) in [6.07, 6.45) is 1.59. The van der Waals surface area contributed by atoms with Crippen molar-refractivity contribution < 1.29 is 0 Å². The molecule has 0 atom stereocenters. The van der Waals surface area contributed by atoms with Gasteiger partial charge in [0.2, 0.25) is 0 Å². The fourth-order valence-electron chi connectivity index (χ4n) is 3.72. The average Bonchev–Trinajstić information content (AvgIpc) is 3.15. The summed E-state index contributed by atoms with van der Waals surface area (Å²) in [5, 5.41) is 9.75. The molecular formula is C25H21N5OS. The van der Waals surface area contributed by atoms with Gasteiger partial charge >= 0.3 is 0 Å². The lowest BCUT2D eigenvalue weighted by molar-refractivity contribution is 0.966. The van der Waals surface area contributed by atoms with Crippen LogP contribution < -0.4 is 5.56 Å². The van der Waals surface area contributed by atoms with Crippen molar-refractivity contribution in [3.8, 4) is 5.69 Å². The van der Waals surface area contributed by atoms with Crippen molar-refractivity contribution in [3.05, 3.63) is 87.6 Å². The monoisotopic (exact) mass is 439 g/mol. The number of pyridine rings is 1. The Hall–Kier alpha value is -3.71. The molecule has 0 saturated carbocycles. The van der Waals surface area contributed by atoms with Crippen LogP contribution in [0.3, 0.4) is 0 Å². The van der Waals surface area contributed by atoms with Gasteiger partial charge in [-0.05, 0) is 57.5 Å². The largest absolute Gasteiger partial charge is 0.275 e. The Morgan fingerprint density at radius 3 is 2.22 bits per heavy atom. The minimum Gasteiger partial charge on any atom is -0.267 e. The van der Waals surface area contributed by atoms with Crippen molar-refractivity contribution in [2.75, 3.05) is 0 Å². The summed E-state index contributed by atoms with van der Waals surface area (Å²) >= 11 is 1.37. The number of aromatic nitrogens is 3. The number of benzene rings is 2. The first kappa shape index (κ1) is 20.2. The third kappa shape index (κ3) is 3.40. The second-order valence-electron chi connectivity index (χ2n) is 7.92. The zero-order valence-corrected chi connectivity index (χ0v) is 19.1. The van der Waals surface area contributed by atoms with Crippen LogP contribution in [0.15, 0.2) is 69.9 Å². The molecule has 0 amide bonds. The van der Waals surface area contributed by atoms with E-state index in [0.29, 0.717) is 15.9 Å². The quantitative estimate of drug-likeness (QED) is 0.296. The molecule has 7 heteroatoms. The van der Waals surface area contributed by atoms with Crippen molar-refractivity contribution in [1.29, 1.82) is 0 Å². The summed E-state index contributed by atoms with van der Waals surface area (Å²) in [4.78, 5) is 23.4. The maximum atomic E-state index is 13.3. The smallest absolute Gasteiger partial charge is 0.267 e. The van der Waals surface area contributed by atoms with Crippen molar-refractivity contribution in [1.82, 2.24) is 14.5 Å². The maximum absolute atomic E-state index is 13.3. The molecule has 5 aromatic rings. The number of fused-ring (bicyclic) bond motifs is 3. The third-order valence-electron chi connectivity index (χ3n) is 5.53. The first-order valence-corrected chi connectivity index (χ1v) is 11.1. The van der Waals surface area contributed by atoms with Gasteiger partial charge in [0, 0.05) is 5.39 Å². The molecule has 3 heterocycles. The van der Waals surface area contributed by atoms with Gasteiger partial charge in [-0.1, -0.05) is 35.4 Å². The van der Waals surface area contributed by atoms with Gasteiger partial charge in [0.05, 0.1) is 22.6 Å². The molecule has 0 fully saturated rings. The van der Waals surface area contributed by atoms with Crippen LogP contribution >= 0.6 is 11.3 Å². The summed E-state index contributed by atoms with van der Waals surface area (Å²) in [6.45, 7) is 7.96. The van der Waals surface area contributed by atoms with Gasteiger partial charge in [-0.25, -0.2) is 9.97 Å². The molecule has 0 aliphatic heterocycles. The van der Waals surface area contributed by atoms with Crippen LogP contribution in [-0.2, 0) is 0 Å². The van der Waals surface area contributed by atoms with Gasteiger partial charge < -0.3 is 0 Å². The van der Waals surface area contributed by atoms with Crippen LogP contribution in [0, 0.1) is 27.7 Å². The minimum absolute atomic E-state index is 0.0956. The van der Waals surface area contributed by atoms with E-state index < -0.39 is 0 Å². The van der Waals surface area contributed by atoms with Crippen molar-refractivity contribution in [2.45, 2.75) is 27.7 Å². The second kappa shape index (κ2) is 7.76. The summed E-state index contributed by atoms with van der Waals surface area (Å²) in [7, 11) is 0. The summed E-state index contributed by atoms with van der Waals surface area (Å²) < 4.78 is 2.17. The number of aryl methyl sites for hydroxylation is 4. The highest BCUT2D eigenvalue weighted by molar-refractivity contribution is 7.25. The lowest BCUT2D eigenvalue weighted by Gasteiger charge is -2.06. The zero-order valence-electron chi connectivity index (χ0n) is 18.2. The number of hydrogen-bond donors (Lipinski definition) is 0. The van der Waals surface area contributed by atoms with Crippen molar-refractivity contribution in [3.63, 3.8) is 0 Å². The van der Waals surface area contributed by atoms with Crippen LogP contribution in [0.2, 0.25) is 0 Å². The first-order valence-electron chi connectivity index (χ1n) is 10.3. The molecule has 2 aromatic carbocycles. The number of azo groups is 1. The molecule has 0 aliphatic rings. The highest BCUT2D eigenvalue weighted by Gasteiger charge is 2.18. The number of thiophene rings is 1. The highest BCUT2D eigenvalue weighted by atomic mass is 32.1. The Balaban J connectivity index is 1.67. The van der Waals surface area contributed by atoms with E-state index in [9.17, 15) is 4.79 Å². The fourth-order valence-corrected chi connectivity index (χ4v) is 4.89. The van der Waals surface area contributed by atoms with Crippen LogP contribution in [0.5, 0.6) is 0 Å². The molecule has 158 valence electrons. The molecule has 0 saturated heterocycles. The molecular weight excluding hydrogens is 418 g/mol. The van der Waals surface area contributed by atoms with Gasteiger partial charge in [-0.15, -0.1) is 16.5 Å². The van der Waals surface area contributed by atoms with E-state index in [1.807, 2.05) is 76.2 Å². The highest BCUT2D eigenvalue weighted by Crippen LogP contribution is 2.37. The van der Waals surface area contributed by atoms with Gasteiger partial charge in [-0.2, -0.15) is 5.11 Å². The first-order chi connectivity index (χ1) is 15.4. The summed E-state index contributed by atoms with van der Waals surface area (Å²) in [6, 6.07) is 15.7. The van der Waals surface area contributed by atoms with Crippen LogP contribution in [0.4, 0.5) is 11.4 Å². The van der Waals surface area contributed by atoms with Crippen LogP contribution in [0.25, 0.3) is 26.1 Å². The van der Waals surface area contributed by atoms with Gasteiger partial charge in [-0.3, -0.25) is 9.36 Å². The van der Waals surface area contributed by atoms with E-state index in [4.69, 9.17) is 4.98 Å². The third-order valence-corrected chi connectivity index (χ3v) is 6.59. The molecule has 32 heavy (non-hydrogen) atoms. The lowest BCUT2D eigenvalue weighted by Crippen LogP contribution is -2.17. The van der Waals surface area contributed by atoms with Crippen LogP contribution in [0.1, 0.15) is 22.4 Å². The van der Waals surface area contributed by atoms with Gasteiger partial charge in [0.1, 0.15) is 21.5 Å². The maximum Gasteiger partial charge on any atom is 0.275 e. The topological polar surface area (TPSA) is 72.5 Å². The molecule has 0 bridgehead atoms. The van der Waals surface area contributed by atoms with E-state index in [1.54, 1.807) is 10.9 Å². The normalized spacial score (nSPS) is 11.8. The summed E-state index contributed by atoms with van der Waals surface area (Å²) in [5.41, 5.74) is 6.86. The predicted molar refractivity (Wildman–Crippen MR) is 130 cm³/mol. The molecule has 0 radical (unpaired) electrons. The summed E-state index contributed by atoms with van der Waals surface area (Å²) in [5.74, 6) is 0. The zero-order chi connectivity index (χ0) is 22.4. The van der Waals surface area contributed by atoms with E-state index in [2.05, 4.69) is 15.2 Å². The van der Waals surface area contributed by atoms with E-state index in [-0.39, 0.29) is 5.56 Å². The van der Waals surface area contributed by atoms with E-state index in [0.717, 1.165) is 38.4 Å². The Kier molecular flexibility index (Phi) is 4.90. The number of nitrogens with zero attached hydrogens (tertiary/aromatic N) is 5. The van der Waals surface area contributed by atoms with E-state index >= 15 is 0 Å². The second-order valence-corrected chi connectivity index (χ2v) is 8.92. The molecule has 3 aromatic heterocycles. The van der Waals surface area contributed by atoms with E-state index in [1.165, 1.54) is 16.9 Å². The standard InChI is InChI=1S/C25H21N5OS/c1-14-5-9-18(10-6-14)28-29-21-16(3)20-22-23(32-24(20)27-17(21)4)25(31)30(13-26-22)19-11-7-15(2)8-12-19/h5-13H,1-4H3. The molecule has 0 aliphatic carbocycles. The van der Waals surface area contributed by atoms with Crippen molar-refractivity contribution in [2.24, 2.45) is 10.2 Å². The molecule has 6 nitrogen and oxygen atoms in total. The predicted octanol–water partition coefficient (Wildman–Crippen LogP) is 6.64. The molecule has 5 rings (SSSR count). The van der Waals surface area contributed by atoms with Crippen molar-refractivity contribution >= 4 is 43.1 Å². The molecule has 0 unspecified atom stereocenters. The Morgan fingerprint density at radius 1 is 0.875 bits per heavy atom. The van der Waals surface area contributed by atoms with Crippen LogP contribution in [-0.4, -0.2) is 14.5 Å². The lowest BCUT2D eigenvalue weighted by atomic mass is 10.1. The SMILES string of the molecule is Cc1ccc(N=Nc2c(C)nc3sc4c(=O)n(-c5ccc(C)cc5)cnc4c3c2C)cc1. The number of rotatable bonds is 3. The fraction of sp³-hybridized carbons (Fsp3) is 0.160. The minimum atomic E-state index is -0.0956.